The smallest absolute Gasteiger partial charge is 0.250 e. The third kappa shape index (κ3) is 2.45. The first kappa shape index (κ1) is 13.5. The van der Waals surface area contributed by atoms with Gasteiger partial charge in [0.25, 0.3) is 5.43 Å². The van der Waals surface area contributed by atoms with E-state index in [-0.39, 0.29) is 11.5 Å². The molecule has 3 aromatic carbocycles. The molecule has 0 amide bonds. The minimum atomic E-state index is -0.579. The molecule has 0 fully saturated rings. The summed E-state index contributed by atoms with van der Waals surface area (Å²) in [6.07, 6.45) is 0. The summed E-state index contributed by atoms with van der Waals surface area (Å²) in [6.45, 7) is 0. The van der Waals surface area contributed by atoms with E-state index in [9.17, 15) is 14.0 Å². The van der Waals surface area contributed by atoms with E-state index < -0.39 is 10.9 Å². The van der Waals surface area contributed by atoms with Crippen LogP contribution in [0.4, 0.5) is 15.8 Å². The van der Waals surface area contributed by atoms with Crippen molar-refractivity contribution in [3.63, 3.8) is 0 Å². The van der Waals surface area contributed by atoms with Crippen LogP contribution in [-0.4, -0.2) is 0 Å². The number of nitrogens with one attached hydrogen (secondary N) is 1. The zero-order valence-corrected chi connectivity index (χ0v) is 11.4. The van der Waals surface area contributed by atoms with E-state index in [1.807, 2.05) is 0 Å². The first-order chi connectivity index (χ1) is 10.1. The van der Waals surface area contributed by atoms with Crippen molar-refractivity contribution in [1.29, 1.82) is 0 Å². The molecule has 0 radical (unpaired) electrons. The van der Waals surface area contributed by atoms with E-state index in [2.05, 4.69) is 5.32 Å². The third-order valence-electron chi connectivity index (χ3n) is 3.16. The molecular weight excluding hydrogens is 293 g/mol. The Morgan fingerprint density at radius 3 is 2.10 bits per heavy atom. The van der Waals surface area contributed by atoms with Crippen LogP contribution in [0.15, 0.2) is 58.1 Å². The molecular formula is C16H9ClFNO2. The van der Waals surface area contributed by atoms with Crippen LogP contribution < -0.4 is 16.2 Å². The molecule has 3 nitrogen and oxygen atoms in total. The minimum absolute atomic E-state index is 0.217. The molecule has 0 heterocycles. The minimum Gasteiger partial charge on any atom is -0.352 e. The fourth-order valence-electron chi connectivity index (χ4n) is 2.08. The van der Waals surface area contributed by atoms with Gasteiger partial charge in [-0.15, -0.1) is 0 Å². The lowest BCUT2D eigenvalue weighted by molar-refractivity contribution is 0.628. The van der Waals surface area contributed by atoms with Gasteiger partial charge in [-0.3, -0.25) is 9.59 Å². The van der Waals surface area contributed by atoms with Gasteiger partial charge in [-0.25, -0.2) is 4.39 Å². The van der Waals surface area contributed by atoms with E-state index in [1.165, 1.54) is 24.3 Å². The molecule has 5 heteroatoms. The molecule has 0 spiro atoms. The maximum absolute atomic E-state index is 12.9. The molecule has 0 atom stereocenters. The Kier molecular flexibility index (Phi) is 3.31. The Morgan fingerprint density at radius 1 is 0.857 bits per heavy atom. The summed E-state index contributed by atoms with van der Waals surface area (Å²) >= 11 is 5.80. The highest BCUT2D eigenvalue weighted by molar-refractivity contribution is 6.30. The maximum Gasteiger partial charge on any atom is 0.250 e. The highest BCUT2D eigenvalue weighted by Crippen LogP contribution is 2.27. The number of benzene rings is 2. The average Bonchev–Trinajstić information content (AvgIpc) is 2.50. The highest BCUT2D eigenvalue weighted by Gasteiger charge is 2.22. The van der Waals surface area contributed by atoms with Crippen molar-refractivity contribution in [2.24, 2.45) is 0 Å². The fraction of sp³-hybridized carbons (Fsp3) is 0. The first-order valence-corrected chi connectivity index (χ1v) is 6.56. The van der Waals surface area contributed by atoms with Gasteiger partial charge >= 0.3 is 0 Å². The number of halogens is 2. The number of hydrogen-bond acceptors (Lipinski definition) is 3. The van der Waals surface area contributed by atoms with Crippen molar-refractivity contribution in [1.82, 2.24) is 0 Å². The van der Waals surface area contributed by atoms with Gasteiger partial charge in [0.1, 0.15) is 11.5 Å². The van der Waals surface area contributed by atoms with Crippen LogP contribution in [0.5, 0.6) is 0 Å². The summed E-state index contributed by atoms with van der Waals surface area (Å²) in [4.78, 5) is 23.5. The summed E-state index contributed by atoms with van der Waals surface area (Å²) in [5.41, 5.74) is 0.577. The van der Waals surface area contributed by atoms with E-state index in [1.54, 1.807) is 24.3 Å². The Balaban J connectivity index is 1.99. The van der Waals surface area contributed by atoms with Gasteiger partial charge in [0.05, 0.1) is 5.56 Å². The van der Waals surface area contributed by atoms with Crippen molar-refractivity contribution < 1.29 is 4.39 Å². The van der Waals surface area contributed by atoms with Crippen molar-refractivity contribution >= 4 is 23.0 Å². The zero-order chi connectivity index (χ0) is 15.0. The second kappa shape index (κ2) is 5.14. The van der Waals surface area contributed by atoms with Gasteiger partial charge in [-0.05, 0) is 42.0 Å². The normalized spacial score (nSPS) is 10.8. The van der Waals surface area contributed by atoms with Gasteiger partial charge < -0.3 is 5.32 Å². The van der Waals surface area contributed by atoms with Crippen molar-refractivity contribution in [3.05, 3.63) is 79.8 Å². The van der Waals surface area contributed by atoms with Crippen LogP contribution in [0.1, 0.15) is 0 Å². The summed E-state index contributed by atoms with van der Waals surface area (Å²) in [6, 6.07) is 12.2. The highest BCUT2D eigenvalue weighted by atomic mass is 35.5. The molecule has 3 rings (SSSR count). The summed E-state index contributed by atoms with van der Waals surface area (Å²) in [5.74, 6) is -0.372. The van der Waals surface area contributed by atoms with Gasteiger partial charge in [0, 0.05) is 10.7 Å². The fourth-order valence-corrected chi connectivity index (χ4v) is 2.21. The summed E-state index contributed by atoms with van der Waals surface area (Å²) < 4.78 is 12.9. The Labute approximate surface area is 124 Å². The molecule has 1 N–H and O–H groups in total. The lowest BCUT2D eigenvalue weighted by Gasteiger charge is -2.13. The maximum atomic E-state index is 12.9. The molecule has 0 saturated heterocycles. The van der Waals surface area contributed by atoms with Crippen LogP contribution in [0.3, 0.4) is 0 Å². The lowest BCUT2D eigenvalue weighted by atomic mass is 9.98. The second-order valence-electron chi connectivity index (χ2n) is 4.55. The quantitative estimate of drug-likeness (QED) is 0.753. The summed E-state index contributed by atoms with van der Waals surface area (Å²) in [5, 5.41) is 3.41. The van der Waals surface area contributed by atoms with Gasteiger partial charge in [-0.2, -0.15) is 0 Å². The van der Waals surface area contributed by atoms with Gasteiger partial charge in [0.2, 0.25) is 5.43 Å². The number of rotatable bonds is 3. The Hall–Kier alpha value is -2.46. The second-order valence-corrected chi connectivity index (χ2v) is 4.98. The molecule has 0 aromatic heterocycles. The van der Waals surface area contributed by atoms with Crippen LogP contribution in [-0.2, 0) is 0 Å². The zero-order valence-electron chi connectivity index (χ0n) is 10.7. The van der Waals surface area contributed by atoms with Crippen molar-refractivity contribution in [3.8, 4) is 11.1 Å². The molecule has 0 saturated carbocycles. The molecule has 104 valence electrons. The van der Waals surface area contributed by atoms with Crippen LogP contribution >= 0.6 is 11.6 Å². The van der Waals surface area contributed by atoms with Crippen molar-refractivity contribution in [2.75, 3.05) is 5.32 Å². The lowest BCUT2D eigenvalue weighted by Crippen LogP contribution is -2.35. The SMILES string of the molecule is O=c1c(Nc2ccc(F)cc2)c(-c2ccc(Cl)cc2)c1=O. The largest absolute Gasteiger partial charge is 0.352 e. The molecule has 0 aliphatic carbocycles. The molecule has 0 aliphatic heterocycles. The van der Waals surface area contributed by atoms with Crippen LogP contribution in [0, 0.1) is 5.82 Å². The predicted molar refractivity (Wildman–Crippen MR) is 81.5 cm³/mol. The first-order valence-electron chi connectivity index (χ1n) is 6.18. The van der Waals surface area contributed by atoms with E-state index in [4.69, 9.17) is 11.6 Å². The predicted octanol–water partition coefficient (Wildman–Crippen LogP) is 3.49. The molecule has 0 bridgehead atoms. The van der Waals surface area contributed by atoms with Crippen LogP contribution in [0.2, 0.25) is 5.02 Å². The topological polar surface area (TPSA) is 46.2 Å². The van der Waals surface area contributed by atoms with Crippen molar-refractivity contribution in [2.45, 2.75) is 0 Å². The molecule has 21 heavy (non-hydrogen) atoms. The average molecular weight is 302 g/mol. The summed E-state index contributed by atoms with van der Waals surface area (Å²) in [7, 11) is 0. The van der Waals surface area contributed by atoms with Crippen LogP contribution in [0.25, 0.3) is 11.1 Å². The van der Waals surface area contributed by atoms with E-state index >= 15 is 0 Å². The Morgan fingerprint density at radius 2 is 1.48 bits per heavy atom. The Bertz CT molecular complexity index is 863. The van der Waals surface area contributed by atoms with E-state index in [0.29, 0.717) is 21.8 Å². The molecule has 0 aliphatic rings. The number of hydrogen-bond donors (Lipinski definition) is 1. The standard InChI is InChI=1S/C16H9ClFNO2/c17-10-3-1-9(2-4-10)13-14(16(21)15(13)20)19-12-7-5-11(18)6-8-12/h1-8,19H. The number of anilines is 2. The van der Waals surface area contributed by atoms with Gasteiger partial charge in [0.15, 0.2) is 0 Å². The molecule has 3 aromatic rings. The molecule has 0 unspecified atom stereocenters. The van der Waals surface area contributed by atoms with Gasteiger partial charge in [-0.1, -0.05) is 23.7 Å². The third-order valence-corrected chi connectivity index (χ3v) is 3.41. The monoisotopic (exact) mass is 301 g/mol. The van der Waals surface area contributed by atoms with E-state index in [0.717, 1.165) is 0 Å².